The van der Waals surface area contributed by atoms with Crippen LogP contribution in [-0.4, -0.2) is 57.3 Å². The van der Waals surface area contributed by atoms with Gasteiger partial charge < -0.3 is 19.1 Å². The number of nitrogens with zero attached hydrogens (tertiary/aromatic N) is 2. The third kappa shape index (κ3) is 5.75. The third-order valence-corrected chi connectivity index (χ3v) is 5.23. The summed E-state index contributed by atoms with van der Waals surface area (Å²) < 4.78 is 15.7. The second-order valence-electron chi connectivity index (χ2n) is 7.18. The number of carbonyl (C=O) groups is 2. The molecule has 1 fully saturated rings. The minimum Gasteiger partial charge on any atom is -0.497 e. The second kappa shape index (κ2) is 10.5. The van der Waals surface area contributed by atoms with E-state index in [2.05, 4.69) is 10.5 Å². The van der Waals surface area contributed by atoms with Crippen LogP contribution >= 0.6 is 0 Å². The highest BCUT2D eigenvalue weighted by Gasteiger charge is 2.28. The molecule has 1 aliphatic rings. The SMILES string of the molecule is COc1cccc(/C=N\NC(=O)C2CCN(C(=O)c3cc(OC)cc(OC)c3)CC2)c1. The molecule has 1 aliphatic heterocycles. The van der Waals surface area contributed by atoms with Crippen molar-refractivity contribution in [3.63, 3.8) is 0 Å². The number of hydrogen-bond donors (Lipinski definition) is 1. The minimum absolute atomic E-state index is 0.105. The molecule has 0 bridgehead atoms. The van der Waals surface area contributed by atoms with Gasteiger partial charge in [-0.15, -0.1) is 0 Å². The second-order valence-corrected chi connectivity index (χ2v) is 7.18. The first kappa shape index (κ1) is 22.1. The lowest BCUT2D eigenvalue weighted by atomic mass is 9.95. The molecule has 0 aromatic heterocycles. The van der Waals surface area contributed by atoms with E-state index in [1.807, 2.05) is 24.3 Å². The molecule has 1 saturated heterocycles. The van der Waals surface area contributed by atoms with E-state index in [9.17, 15) is 9.59 Å². The normalized spacial score (nSPS) is 14.4. The topological polar surface area (TPSA) is 89.5 Å². The highest BCUT2D eigenvalue weighted by Crippen LogP contribution is 2.25. The highest BCUT2D eigenvalue weighted by molar-refractivity contribution is 5.95. The number of hydrogen-bond acceptors (Lipinski definition) is 6. The fourth-order valence-corrected chi connectivity index (χ4v) is 3.44. The van der Waals surface area contributed by atoms with Crippen molar-refractivity contribution in [2.75, 3.05) is 34.4 Å². The van der Waals surface area contributed by atoms with Gasteiger partial charge in [-0.1, -0.05) is 12.1 Å². The molecule has 0 saturated carbocycles. The molecule has 1 heterocycles. The number of carbonyl (C=O) groups excluding carboxylic acids is 2. The van der Waals surface area contributed by atoms with Gasteiger partial charge in [0.2, 0.25) is 5.91 Å². The van der Waals surface area contributed by atoms with Gasteiger partial charge in [0.05, 0.1) is 27.5 Å². The molecule has 2 aromatic carbocycles. The molecule has 2 aromatic rings. The first-order valence-corrected chi connectivity index (χ1v) is 10.0. The number of likely N-dealkylation sites (tertiary alicyclic amines) is 1. The van der Waals surface area contributed by atoms with Gasteiger partial charge in [-0.3, -0.25) is 9.59 Å². The molecule has 3 rings (SSSR count). The lowest BCUT2D eigenvalue weighted by molar-refractivity contribution is -0.126. The van der Waals surface area contributed by atoms with Crippen molar-refractivity contribution in [1.29, 1.82) is 0 Å². The lowest BCUT2D eigenvalue weighted by Gasteiger charge is -2.31. The van der Waals surface area contributed by atoms with Gasteiger partial charge in [0.15, 0.2) is 0 Å². The average Bonchev–Trinajstić information content (AvgIpc) is 2.83. The number of nitrogens with one attached hydrogen (secondary N) is 1. The maximum absolute atomic E-state index is 12.9. The zero-order valence-corrected chi connectivity index (χ0v) is 18.0. The van der Waals surface area contributed by atoms with E-state index in [0.29, 0.717) is 43.0 Å². The van der Waals surface area contributed by atoms with E-state index in [-0.39, 0.29) is 17.7 Å². The molecule has 2 amide bonds. The summed E-state index contributed by atoms with van der Waals surface area (Å²) >= 11 is 0. The Bertz CT molecular complexity index is 930. The van der Waals surface area contributed by atoms with Crippen molar-refractivity contribution in [1.82, 2.24) is 10.3 Å². The Morgan fingerprint density at radius 1 is 0.968 bits per heavy atom. The minimum atomic E-state index is -0.189. The van der Waals surface area contributed by atoms with Gasteiger partial charge >= 0.3 is 0 Å². The van der Waals surface area contributed by atoms with E-state index in [1.165, 1.54) is 0 Å². The molecular weight excluding hydrogens is 398 g/mol. The fraction of sp³-hybridized carbons (Fsp3) is 0.348. The molecule has 1 N–H and O–H groups in total. The summed E-state index contributed by atoms with van der Waals surface area (Å²) in [5.74, 6) is 1.41. The zero-order valence-electron chi connectivity index (χ0n) is 18.0. The van der Waals surface area contributed by atoms with Gasteiger partial charge in [-0.25, -0.2) is 5.43 Å². The maximum Gasteiger partial charge on any atom is 0.254 e. The van der Waals surface area contributed by atoms with E-state index in [4.69, 9.17) is 14.2 Å². The van der Waals surface area contributed by atoms with Crippen LogP contribution in [0.3, 0.4) is 0 Å². The monoisotopic (exact) mass is 425 g/mol. The van der Waals surface area contributed by atoms with Gasteiger partial charge in [0, 0.05) is 30.6 Å². The van der Waals surface area contributed by atoms with Crippen LogP contribution in [0.5, 0.6) is 17.2 Å². The van der Waals surface area contributed by atoms with Gasteiger partial charge in [-0.2, -0.15) is 5.10 Å². The summed E-state index contributed by atoms with van der Waals surface area (Å²) in [7, 11) is 4.69. The third-order valence-electron chi connectivity index (χ3n) is 5.23. The van der Waals surface area contributed by atoms with Crippen molar-refractivity contribution in [2.45, 2.75) is 12.8 Å². The van der Waals surface area contributed by atoms with E-state index in [0.717, 1.165) is 11.3 Å². The predicted molar refractivity (Wildman–Crippen MR) is 117 cm³/mol. The average molecular weight is 425 g/mol. The summed E-state index contributed by atoms with van der Waals surface area (Å²) in [6.45, 7) is 0.992. The molecule has 0 unspecified atom stereocenters. The van der Waals surface area contributed by atoms with Crippen molar-refractivity contribution < 1.29 is 23.8 Å². The Balaban J connectivity index is 1.53. The summed E-state index contributed by atoms with van der Waals surface area (Å²) in [6, 6.07) is 12.5. The molecular formula is C23H27N3O5. The molecule has 31 heavy (non-hydrogen) atoms. The zero-order chi connectivity index (χ0) is 22.2. The Kier molecular flexibility index (Phi) is 7.48. The number of rotatable bonds is 7. The van der Waals surface area contributed by atoms with Crippen molar-refractivity contribution >= 4 is 18.0 Å². The number of hydrazone groups is 1. The maximum atomic E-state index is 12.9. The molecule has 0 spiro atoms. The first-order valence-electron chi connectivity index (χ1n) is 10.0. The fourth-order valence-electron chi connectivity index (χ4n) is 3.44. The number of ether oxygens (including phenoxy) is 3. The molecule has 0 radical (unpaired) electrons. The van der Waals surface area contributed by atoms with E-state index < -0.39 is 0 Å². The predicted octanol–water partition coefficient (Wildman–Crippen LogP) is 2.71. The van der Waals surface area contributed by atoms with Crippen LogP contribution in [0, 0.1) is 5.92 Å². The molecule has 0 atom stereocenters. The number of methoxy groups -OCH3 is 3. The van der Waals surface area contributed by atoms with Crippen LogP contribution < -0.4 is 19.6 Å². The van der Waals surface area contributed by atoms with Gasteiger partial charge in [-0.05, 0) is 42.7 Å². The van der Waals surface area contributed by atoms with E-state index in [1.54, 1.807) is 50.6 Å². The quantitative estimate of drug-likeness (QED) is 0.544. The van der Waals surface area contributed by atoms with Gasteiger partial charge in [0.25, 0.3) is 5.91 Å². The van der Waals surface area contributed by atoms with Gasteiger partial charge in [0.1, 0.15) is 17.2 Å². The van der Waals surface area contributed by atoms with Crippen molar-refractivity contribution in [3.8, 4) is 17.2 Å². The van der Waals surface area contributed by atoms with Crippen LogP contribution in [0.25, 0.3) is 0 Å². The standard InChI is InChI=1S/C23H27N3O5/c1-29-19-6-4-5-16(11-19)15-24-25-22(27)17-7-9-26(10-8-17)23(28)18-12-20(30-2)14-21(13-18)31-3/h4-6,11-15,17H,7-10H2,1-3H3,(H,25,27)/b24-15-. The largest absolute Gasteiger partial charge is 0.497 e. The number of amides is 2. The first-order chi connectivity index (χ1) is 15.0. The summed E-state index contributed by atoms with van der Waals surface area (Å²) in [5, 5.41) is 4.04. The molecule has 0 aliphatic carbocycles. The van der Waals surface area contributed by atoms with Crippen LogP contribution in [0.15, 0.2) is 47.6 Å². The van der Waals surface area contributed by atoms with Crippen LogP contribution in [0.1, 0.15) is 28.8 Å². The number of benzene rings is 2. The van der Waals surface area contributed by atoms with Crippen LogP contribution in [0.4, 0.5) is 0 Å². The summed E-state index contributed by atoms with van der Waals surface area (Å²) in [6.07, 6.45) is 2.73. The summed E-state index contributed by atoms with van der Waals surface area (Å²) in [4.78, 5) is 27.1. The van der Waals surface area contributed by atoms with E-state index >= 15 is 0 Å². The molecule has 164 valence electrons. The van der Waals surface area contributed by atoms with Crippen LogP contribution in [-0.2, 0) is 4.79 Å². The Hall–Kier alpha value is -3.55. The molecule has 8 heteroatoms. The summed E-state index contributed by atoms with van der Waals surface area (Å²) in [5.41, 5.74) is 3.93. The smallest absolute Gasteiger partial charge is 0.254 e. The Morgan fingerprint density at radius 2 is 1.61 bits per heavy atom. The van der Waals surface area contributed by atoms with Crippen molar-refractivity contribution in [2.24, 2.45) is 11.0 Å². The highest BCUT2D eigenvalue weighted by atomic mass is 16.5. The Labute approximate surface area is 181 Å². The lowest BCUT2D eigenvalue weighted by Crippen LogP contribution is -2.42. The molecule has 8 nitrogen and oxygen atoms in total. The Morgan fingerprint density at radius 3 is 2.23 bits per heavy atom. The number of piperidine rings is 1. The van der Waals surface area contributed by atoms with Crippen molar-refractivity contribution in [3.05, 3.63) is 53.6 Å². The van der Waals surface area contributed by atoms with Crippen LogP contribution in [0.2, 0.25) is 0 Å².